The van der Waals surface area contributed by atoms with Crippen LogP contribution in [0.1, 0.15) is 137 Å². The van der Waals surface area contributed by atoms with Gasteiger partial charge < -0.3 is 0 Å². The van der Waals surface area contributed by atoms with Crippen molar-refractivity contribution in [3.8, 4) is 0 Å². The number of carbonyl (C=O) groups is 2. The standard InChI is InChI=1S/C41H48BrNO2/c1-3-5-7-9-11-13-15-18-28(19-16-14-12-10-8-6-4-2)43-40(44)34-24-22-31-29-20-17-21-33-36(42)27-26-30(37(29)33)32-23-25-35(41(43)45)39(34)38(31)32/h17,20-28H,3-16,18-19H2,1-2H3. The number of nitrogens with zero attached hydrogens (tertiary/aromatic N) is 1. The van der Waals surface area contributed by atoms with Gasteiger partial charge in [-0.05, 0) is 68.7 Å². The molecule has 3 nitrogen and oxygen atoms in total. The average molecular weight is 667 g/mol. The molecule has 0 unspecified atom stereocenters. The Bertz CT molecular complexity index is 1720. The summed E-state index contributed by atoms with van der Waals surface area (Å²) in [5.74, 6) is -0.209. The van der Waals surface area contributed by atoms with E-state index in [1.54, 1.807) is 4.90 Å². The van der Waals surface area contributed by atoms with Crippen LogP contribution in [0.5, 0.6) is 0 Å². The first-order valence-electron chi connectivity index (χ1n) is 17.8. The smallest absolute Gasteiger partial charge is 0.261 e. The molecule has 0 aliphatic carbocycles. The first-order chi connectivity index (χ1) is 22.1. The van der Waals surface area contributed by atoms with Crippen LogP contribution in [0.3, 0.4) is 0 Å². The second kappa shape index (κ2) is 14.6. The van der Waals surface area contributed by atoms with Crippen molar-refractivity contribution in [3.63, 3.8) is 0 Å². The molecule has 1 aliphatic rings. The highest BCUT2D eigenvalue weighted by atomic mass is 79.9. The van der Waals surface area contributed by atoms with Crippen molar-refractivity contribution in [1.82, 2.24) is 4.90 Å². The second-order valence-electron chi connectivity index (χ2n) is 13.3. The summed E-state index contributed by atoms with van der Waals surface area (Å²) < 4.78 is 1.08. The van der Waals surface area contributed by atoms with Crippen molar-refractivity contribution in [2.45, 2.75) is 123 Å². The van der Waals surface area contributed by atoms with Gasteiger partial charge in [0.15, 0.2) is 0 Å². The van der Waals surface area contributed by atoms with Gasteiger partial charge >= 0.3 is 0 Å². The molecule has 236 valence electrons. The number of amides is 2. The monoisotopic (exact) mass is 665 g/mol. The summed E-state index contributed by atoms with van der Waals surface area (Å²) in [4.78, 5) is 30.4. The van der Waals surface area contributed by atoms with Gasteiger partial charge in [-0.2, -0.15) is 0 Å². The highest BCUT2D eigenvalue weighted by Gasteiger charge is 2.38. The van der Waals surface area contributed by atoms with Gasteiger partial charge in [0, 0.05) is 27.0 Å². The Balaban J connectivity index is 1.32. The summed E-state index contributed by atoms with van der Waals surface area (Å²) in [6.45, 7) is 4.51. The van der Waals surface area contributed by atoms with E-state index < -0.39 is 0 Å². The molecule has 0 saturated carbocycles. The second-order valence-corrected chi connectivity index (χ2v) is 14.2. The Labute approximate surface area is 277 Å². The first-order valence-corrected chi connectivity index (χ1v) is 18.6. The third kappa shape index (κ3) is 6.24. The molecule has 0 saturated heterocycles. The zero-order valence-corrected chi connectivity index (χ0v) is 28.8. The van der Waals surface area contributed by atoms with Crippen LogP contribution in [0.25, 0.3) is 43.1 Å². The number of hydrogen-bond acceptors (Lipinski definition) is 2. The van der Waals surface area contributed by atoms with Crippen LogP contribution in [0.4, 0.5) is 0 Å². The molecule has 0 N–H and O–H groups in total. The fourth-order valence-electron chi connectivity index (χ4n) is 7.88. The highest BCUT2D eigenvalue weighted by Crippen LogP contribution is 2.45. The Morgan fingerprint density at radius 2 is 0.956 bits per heavy atom. The summed E-state index contributed by atoms with van der Waals surface area (Å²) in [6, 6.07) is 18.9. The number of unbranched alkanes of at least 4 members (excludes halogenated alkanes) is 12. The molecule has 0 fully saturated rings. The zero-order chi connectivity index (χ0) is 31.3. The van der Waals surface area contributed by atoms with E-state index in [-0.39, 0.29) is 17.9 Å². The maximum Gasteiger partial charge on any atom is 0.261 e. The molecule has 0 aromatic heterocycles. The minimum absolute atomic E-state index is 0.0430. The van der Waals surface area contributed by atoms with Gasteiger partial charge in [-0.1, -0.05) is 156 Å². The Morgan fingerprint density at radius 3 is 1.51 bits per heavy atom. The van der Waals surface area contributed by atoms with Crippen LogP contribution in [0.15, 0.2) is 59.1 Å². The van der Waals surface area contributed by atoms with Gasteiger partial charge in [0.2, 0.25) is 0 Å². The van der Waals surface area contributed by atoms with Crippen LogP contribution >= 0.6 is 15.9 Å². The van der Waals surface area contributed by atoms with Gasteiger partial charge in [-0.15, -0.1) is 0 Å². The summed E-state index contributed by atoms with van der Waals surface area (Å²) in [6.07, 6.45) is 19.1. The fourth-order valence-corrected chi connectivity index (χ4v) is 8.34. The number of carbonyl (C=O) groups excluding carboxylic acids is 2. The molecule has 6 rings (SSSR count). The van der Waals surface area contributed by atoms with Crippen LogP contribution in [0, 0.1) is 0 Å². The molecule has 5 aromatic carbocycles. The normalized spacial score (nSPS) is 13.6. The average Bonchev–Trinajstić information content (AvgIpc) is 3.05. The van der Waals surface area contributed by atoms with Crippen LogP contribution in [-0.4, -0.2) is 22.8 Å². The number of halogens is 1. The number of rotatable bonds is 17. The Morgan fingerprint density at radius 1 is 0.511 bits per heavy atom. The van der Waals surface area contributed by atoms with E-state index >= 15 is 0 Å². The predicted molar refractivity (Wildman–Crippen MR) is 195 cm³/mol. The summed E-state index contributed by atoms with van der Waals surface area (Å²) in [7, 11) is 0. The van der Waals surface area contributed by atoms with Gasteiger partial charge in [0.25, 0.3) is 11.8 Å². The van der Waals surface area contributed by atoms with Gasteiger partial charge in [-0.25, -0.2) is 0 Å². The molecule has 45 heavy (non-hydrogen) atoms. The van der Waals surface area contributed by atoms with E-state index in [0.717, 1.165) is 62.5 Å². The summed E-state index contributed by atoms with van der Waals surface area (Å²) >= 11 is 3.75. The maximum atomic E-state index is 14.4. The molecule has 1 aliphatic heterocycles. The van der Waals surface area contributed by atoms with E-state index in [1.165, 1.54) is 87.8 Å². The van der Waals surface area contributed by atoms with Gasteiger partial charge in [-0.3, -0.25) is 14.5 Å². The van der Waals surface area contributed by atoms with E-state index in [4.69, 9.17) is 0 Å². The Hall–Kier alpha value is -2.98. The lowest BCUT2D eigenvalue weighted by molar-refractivity contribution is 0.0517. The Kier molecular flexibility index (Phi) is 10.4. The zero-order valence-electron chi connectivity index (χ0n) is 27.2. The molecule has 1 heterocycles. The fraction of sp³-hybridized carbons (Fsp3) is 0.463. The van der Waals surface area contributed by atoms with Crippen LogP contribution in [-0.2, 0) is 0 Å². The van der Waals surface area contributed by atoms with Gasteiger partial charge in [0.1, 0.15) is 0 Å². The largest absolute Gasteiger partial charge is 0.271 e. The summed E-state index contributed by atoms with van der Waals surface area (Å²) in [5.41, 5.74) is 1.36. The lowest BCUT2D eigenvalue weighted by Gasteiger charge is -2.35. The lowest BCUT2D eigenvalue weighted by atomic mass is 9.84. The highest BCUT2D eigenvalue weighted by molar-refractivity contribution is 9.10. The molecule has 4 heteroatoms. The third-order valence-electron chi connectivity index (χ3n) is 10.3. The molecule has 0 spiro atoms. The molecule has 0 atom stereocenters. The van der Waals surface area contributed by atoms with E-state index in [9.17, 15) is 9.59 Å². The molecule has 0 bridgehead atoms. The van der Waals surface area contributed by atoms with Crippen LogP contribution in [0.2, 0.25) is 0 Å². The number of fused-ring (bicyclic) bond motifs is 2. The molecule has 0 radical (unpaired) electrons. The lowest BCUT2D eigenvalue weighted by Crippen LogP contribution is -2.47. The van der Waals surface area contributed by atoms with Crippen molar-refractivity contribution in [3.05, 3.63) is 70.2 Å². The van der Waals surface area contributed by atoms with E-state index in [0.29, 0.717) is 11.1 Å². The minimum Gasteiger partial charge on any atom is -0.271 e. The predicted octanol–water partition coefficient (Wildman–Crippen LogP) is 12.7. The molecular formula is C41H48BrNO2. The number of imide groups is 1. The van der Waals surface area contributed by atoms with Crippen LogP contribution < -0.4 is 0 Å². The number of benzene rings is 5. The quantitative estimate of drug-likeness (QED) is 0.0429. The maximum absolute atomic E-state index is 14.4. The summed E-state index contributed by atoms with van der Waals surface area (Å²) in [5, 5.41) is 8.84. The minimum atomic E-state index is -0.105. The topological polar surface area (TPSA) is 37.4 Å². The van der Waals surface area contributed by atoms with Gasteiger partial charge in [0.05, 0.1) is 0 Å². The van der Waals surface area contributed by atoms with E-state index in [2.05, 4.69) is 72.2 Å². The van der Waals surface area contributed by atoms with Crippen molar-refractivity contribution in [1.29, 1.82) is 0 Å². The molecular weight excluding hydrogens is 618 g/mol. The van der Waals surface area contributed by atoms with Crippen molar-refractivity contribution < 1.29 is 9.59 Å². The number of hydrogen-bond donors (Lipinski definition) is 0. The first kappa shape index (κ1) is 32.0. The van der Waals surface area contributed by atoms with Crippen molar-refractivity contribution in [2.24, 2.45) is 0 Å². The molecule has 2 amide bonds. The molecule has 5 aromatic rings. The van der Waals surface area contributed by atoms with Crippen molar-refractivity contribution in [2.75, 3.05) is 0 Å². The SMILES string of the molecule is CCCCCCCCCC(CCCCCCCCC)N1C(=O)c2ccc3c4cccc5c(Br)ccc(c6ccc(c2c36)C1=O)c54. The third-order valence-corrected chi connectivity index (χ3v) is 11.0. The van der Waals surface area contributed by atoms with Crippen molar-refractivity contribution >= 4 is 70.8 Å². The van der Waals surface area contributed by atoms with E-state index in [1.807, 2.05) is 12.1 Å².